The lowest BCUT2D eigenvalue weighted by molar-refractivity contribution is 0.237. The summed E-state index contributed by atoms with van der Waals surface area (Å²) < 4.78 is 0. The zero-order valence-electron chi connectivity index (χ0n) is 15.5. The van der Waals surface area contributed by atoms with Crippen molar-refractivity contribution < 1.29 is 0 Å². The second-order valence-corrected chi connectivity index (χ2v) is 8.73. The quantitative estimate of drug-likeness (QED) is 0.802. The zero-order chi connectivity index (χ0) is 18.3. The number of likely N-dealkylation sites (N-methyl/N-ethyl adjacent to an activating group) is 1. The molecule has 1 aromatic rings. The lowest BCUT2D eigenvalue weighted by atomic mass is 9.84. The van der Waals surface area contributed by atoms with E-state index in [0.717, 1.165) is 49.7 Å². The van der Waals surface area contributed by atoms with E-state index in [9.17, 15) is 0 Å². The molecule has 0 aromatic heterocycles. The van der Waals surface area contributed by atoms with E-state index >= 15 is 0 Å². The molecule has 4 rings (SSSR count). The molecule has 0 saturated carbocycles. The summed E-state index contributed by atoms with van der Waals surface area (Å²) in [7, 11) is 4.39. The van der Waals surface area contributed by atoms with Gasteiger partial charge in [0.2, 0.25) is 0 Å². The maximum Gasteiger partial charge on any atom is 0.128 e. The Morgan fingerprint density at radius 3 is 2.62 bits per heavy atom. The molecule has 1 spiro atoms. The molecule has 26 heavy (non-hydrogen) atoms. The lowest BCUT2D eigenvalue weighted by Gasteiger charge is -2.45. The maximum absolute atomic E-state index is 6.25. The fourth-order valence-electron chi connectivity index (χ4n) is 4.30. The highest BCUT2D eigenvalue weighted by atomic mass is 35.5. The van der Waals surface area contributed by atoms with Crippen molar-refractivity contribution in [2.75, 3.05) is 45.6 Å². The van der Waals surface area contributed by atoms with Gasteiger partial charge in [-0.05, 0) is 58.5 Å². The molecule has 0 radical (unpaired) electrons. The Balaban J connectivity index is 1.63. The minimum atomic E-state index is -0.145. The van der Waals surface area contributed by atoms with Crippen LogP contribution in [0.5, 0.6) is 0 Å². The van der Waals surface area contributed by atoms with Crippen LogP contribution in [0.25, 0.3) is 0 Å². The van der Waals surface area contributed by atoms with Gasteiger partial charge in [-0.25, -0.2) is 4.99 Å². The summed E-state index contributed by atoms with van der Waals surface area (Å²) in [6.45, 7) is 4.22. The van der Waals surface area contributed by atoms with Crippen LogP contribution in [0, 0.1) is 0 Å². The second-order valence-electron chi connectivity index (χ2n) is 7.91. The molecule has 2 saturated heterocycles. The van der Waals surface area contributed by atoms with E-state index < -0.39 is 0 Å². The number of hydrogen-bond acceptors (Lipinski definition) is 5. The molecule has 0 bridgehead atoms. The van der Waals surface area contributed by atoms with Crippen LogP contribution in [0.3, 0.4) is 0 Å². The van der Waals surface area contributed by atoms with Gasteiger partial charge in [-0.15, -0.1) is 0 Å². The number of halogens is 2. The predicted molar refractivity (Wildman–Crippen MR) is 110 cm³/mol. The molecule has 3 aliphatic rings. The first kappa shape index (κ1) is 18.4. The van der Waals surface area contributed by atoms with Crippen molar-refractivity contribution in [2.24, 2.45) is 4.99 Å². The Labute approximate surface area is 165 Å². The normalized spacial score (nSPS) is 25.7. The lowest BCUT2D eigenvalue weighted by Crippen LogP contribution is -2.59. The molecule has 7 heteroatoms. The van der Waals surface area contributed by atoms with Gasteiger partial charge < -0.3 is 20.4 Å². The van der Waals surface area contributed by atoms with Gasteiger partial charge in [-0.3, -0.25) is 0 Å². The van der Waals surface area contributed by atoms with E-state index in [1.807, 2.05) is 12.1 Å². The first-order valence-electron chi connectivity index (χ1n) is 9.46. The van der Waals surface area contributed by atoms with E-state index in [4.69, 9.17) is 28.2 Å². The molecule has 5 nitrogen and oxygen atoms in total. The topological polar surface area (TPSA) is 42.9 Å². The van der Waals surface area contributed by atoms with Crippen LogP contribution in [-0.4, -0.2) is 67.5 Å². The summed E-state index contributed by atoms with van der Waals surface area (Å²) in [6, 6.07) is 4.35. The zero-order valence-corrected chi connectivity index (χ0v) is 17.0. The molecule has 0 amide bonds. The van der Waals surface area contributed by atoms with Crippen LogP contribution in [0.1, 0.15) is 25.7 Å². The molecule has 0 aliphatic carbocycles. The van der Waals surface area contributed by atoms with Gasteiger partial charge in [0.05, 0.1) is 27.0 Å². The molecule has 2 N–H and O–H groups in total. The van der Waals surface area contributed by atoms with Crippen molar-refractivity contribution >= 4 is 40.4 Å². The van der Waals surface area contributed by atoms with Gasteiger partial charge >= 0.3 is 0 Å². The van der Waals surface area contributed by atoms with Crippen molar-refractivity contribution in [3.63, 3.8) is 0 Å². The van der Waals surface area contributed by atoms with E-state index in [2.05, 4.69) is 34.5 Å². The number of hydrogen-bond donors (Lipinski definition) is 2. The summed E-state index contributed by atoms with van der Waals surface area (Å²) in [6.07, 6.45) is 4.57. The molecule has 142 valence electrons. The van der Waals surface area contributed by atoms with Crippen LogP contribution in [0.2, 0.25) is 10.0 Å². The number of amidine groups is 1. The van der Waals surface area contributed by atoms with Crippen molar-refractivity contribution in [3.05, 3.63) is 22.2 Å². The number of rotatable bonds is 2. The third kappa shape index (κ3) is 3.42. The number of nitrogens with zero attached hydrogens (tertiary/aromatic N) is 3. The van der Waals surface area contributed by atoms with Gasteiger partial charge in [-0.1, -0.05) is 23.2 Å². The maximum atomic E-state index is 6.25. The molecule has 1 aromatic carbocycles. The average Bonchev–Trinajstić information content (AvgIpc) is 3.02. The minimum absolute atomic E-state index is 0.145. The molecule has 3 heterocycles. The van der Waals surface area contributed by atoms with E-state index in [0.29, 0.717) is 16.1 Å². The van der Waals surface area contributed by atoms with Crippen molar-refractivity contribution in [1.29, 1.82) is 0 Å². The van der Waals surface area contributed by atoms with Crippen molar-refractivity contribution in [3.8, 4) is 0 Å². The highest BCUT2D eigenvalue weighted by Gasteiger charge is 2.42. The number of anilines is 1. The molecule has 1 unspecified atom stereocenters. The summed E-state index contributed by atoms with van der Waals surface area (Å²) >= 11 is 12.5. The highest BCUT2D eigenvalue weighted by Crippen LogP contribution is 2.41. The third-order valence-corrected chi connectivity index (χ3v) is 6.84. The molecule has 2 fully saturated rings. The Kier molecular flexibility index (Phi) is 5.08. The summed E-state index contributed by atoms with van der Waals surface area (Å²) in [5.74, 6) is 1.05. The Morgan fingerprint density at radius 1 is 1.19 bits per heavy atom. The van der Waals surface area contributed by atoms with Crippen LogP contribution >= 0.6 is 23.2 Å². The fraction of sp³-hybridized carbons (Fsp3) is 0.632. The number of piperidine rings is 1. The Morgan fingerprint density at radius 2 is 1.92 bits per heavy atom. The van der Waals surface area contributed by atoms with Gasteiger partial charge in [0.15, 0.2) is 0 Å². The Bertz CT molecular complexity index is 712. The molecule has 1 atom stereocenters. The second kappa shape index (κ2) is 7.19. The average molecular weight is 396 g/mol. The Hall–Kier alpha value is -1.01. The SMILES string of the molecule is CN1CCC2(CC1)Nc1cc(Cl)c(Cl)cc1N=C2NCC1CCCN1C. The summed E-state index contributed by atoms with van der Waals surface area (Å²) in [4.78, 5) is 9.81. The largest absolute Gasteiger partial charge is 0.371 e. The predicted octanol–water partition coefficient (Wildman–Crippen LogP) is 3.60. The number of aliphatic imine (C=N–C) groups is 1. The van der Waals surface area contributed by atoms with Gasteiger partial charge in [0.25, 0.3) is 0 Å². The summed E-state index contributed by atoms with van der Waals surface area (Å²) in [5, 5.41) is 8.57. The smallest absolute Gasteiger partial charge is 0.128 e. The van der Waals surface area contributed by atoms with E-state index in [1.54, 1.807) is 0 Å². The van der Waals surface area contributed by atoms with Gasteiger partial charge in [-0.2, -0.15) is 0 Å². The number of likely N-dealkylation sites (tertiary alicyclic amines) is 2. The monoisotopic (exact) mass is 395 g/mol. The third-order valence-electron chi connectivity index (χ3n) is 6.12. The van der Waals surface area contributed by atoms with Gasteiger partial charge in [0, 0.05) is 25.7 Å². The van der Waals surface area contributed by atoms with Crippen LogP contribution < -0.4 is 10.6 Å². The molecule has 3 aliphatic heterocycles. The fourth-order valence-corrected chi connectivity index (χ4v) is 4.62. The van der Waals surface area contributed by atoms with Crippen LogP contribution in [0.4, 0.5) is 11.4 Å². The van der Waals surface area contributed by atoms with Crippen LogP contribution in [0.15, 0.2) is 17.1 Å². The molecular formula is C19H27Cl2N5. The number of nitrogens with one attached hydrogen (secondary N) is 2. The van der Waals surface area contributed by atoms with Crippen molar-refractivity contribution in [1.82, 2.24) is 15.1 Å². The minimum Gasteiger partial charge on any atom is -0.371 e. The first-order chi connectivity index (χ1) is 12.5. The van der Waals surface area contributed by atoms with E-state index in [-0.39, 0.29) is 5.54 Å². The highest BCUT2D eigenvalue weighted by molar-refractivity contribution is 6.42. The molecular weight excluding hydrogens is 369 g/mol. The van der Waals surface area contributed by atoms with Gasteiger partial charge in [0.1, 0.15) is 5.84 Å². The number of fused-ring (bicyclic) bond motifs is 1. The van der Waals surface area contributed by atoms with Crippen molar-refractivity contribution in [2.45, 2.75) is 37.3 Å². The first-order valence-corrected chi connectivity index (χ1v) is 10.2. The summed E-state index contributed by atoms with van der Waals surface area (Å²) in [5.41, 5.74) is 1.70. The number of benzene rings is 1. The van der Waals surface area contributed by atoms with Crippen LogP contribution in [-0.2, 0) is 0 Å². The standard InChI is InChI=1S/C19H27Cl2N5/c1-25-8-5-19(6-9-25)18(22-12-13-4-3-7-26(13)2)23-16-10-14(20)15(21)11-17(16)24-19/h10-11,13,24H,3-9,12H2,1-2H3,(H,22,23). The van der Waals surface area contributed by atoms with E-state index in [1.165, 1.54) is 19.4 Å².